The van der Waals surface area contributed by atoms with Crippen molar-refractivity contribution in [2.45, 2.75) is 48.8 Å². The minimum atomic E-state index is -3.32. The molecular weight excluding hydrogens is 1080 g/mol. The van der Waals surface area contributed by atoms with Gasteiger partial charge in [0.15, 0.2) is 29.5 Å². The number of nitrogens with zero attached hydrogens (tertiary/aromatic N) is 10. The zero-order valence-corrected chi connectivity index (χ0v) is 50.1. The summed E-state index contributed by atoms with van der Waals surface area (Å²) in [7, 11) is 5.47. The van der Waals surface area contributed by atoms with Crippen LogP contribution in [0.15, 0.2) is 143 Å². The maximum Gasteiger partial charge on any atom is 0.178 e. The number of fused-ring (bicyclic) bond motifs is 3. The Kier molecular flexibility index (Phi) is 18.9. The van der Waals surface area contributed by atoms with Gasteiger partial charge >= 0.3 is 0 Å². The number of nitrogens with one attached hydrogen (secondary N) is 3. The number of aromatic nitrogens is 6. The van der Waals surface area contributed by atoms with E-state index >= 15 is 0 Å². The van der Waals surface area contributed by atoms with Crippen LogP contribution in [0.3, 0.4) is 0 Å². The van der Waals surface area contributed by atoms with Crippen LogP contribution in [0.5, 0.6) is 0 Å². The third-order valence-electron chi connectivity index (χ3n) is 13.2. The first kappa shape index (κ1) is 60.2. The average molecular weight is 1160 g/mol. The third kappa shape index (κ3) is 14.1. The Morgan fingerprint density at radius 3 is 1.09 bits per heavy atom. The van der Waals surface area contributed by atoms with Crippen LogP contribution >= 0.6 is 0 Å². The summed E-state index contributed by atoms with van der Waals surface area (Å²) >= 11 is 0. The fourth-order valence-corrected chi connectivity index (χ4v) is 11.2. The average Bonchev–Trinajstić information content (AvgIpc) is 3.48. The van der Waals surface area contributed by atoms with Crippen molar-refractivity contribution in [2.75, 3.05) is 115 Å². The number of rotatable bonds is 17. The van der Waals surface area contributed by atoms with Gasteiger partial charge in [0.25, 0.3) is 0 Å². The molecule has 9 rings (SSSR count). The van der Waals surface area contributed by atoms with Crippen molar-refractivity contribution >= 4 is 125 Å². The topological polar surface area (TPSA) is 255 Å². The number of hydrogen-bond donors (Lipinski definition) is 4. The number of nitrogens with two attached hydrogens (primary N) is 1. The number of anilines is 11. The predicted octanol–water partition coefficient (Wildman–Crippen LogP) is 9.91. The molecule has 426 valence electrons. The van der Waals surface area contributed by atoms with Gasteiger partial charge in [0.05, 0.1) is 82.6 Å². The predicted molar refractivity (Wildman–Crippen MR) is 332 cm³/mol. The van der Waals surface area contributed by atoms with Gasteiger partial charge < -0.3 is 41.3 Å². The van der Waals surface area contributed by atoms with E-state index in [0.29, 0.717) is 45.1 Å². The minimum Gasteiger partial charge on any atom is -0.399 e. The molecule has 3 heterocycles. The number of nitrogen functional groups attached to an aromatic ring is 1. The lowest BCUT2D eigenvalue weighted by Crippen LogP contribution is -2.13. The van der Waals surface area contributed by atoms with Crippen molar-refractivity contribution in [1.82, 2.24) is 29.9 Å². The van der Waals surface area contributed by atoms with E-state index in [0.717, 1.165) is 61.9 Å². The van der Waals surface area contributed by atoms with Crippen molar-refractivity contribution in [1.29, 1.82) is 0 Å². The summed E-state index contributed by atoms with van der Waals surface area (Å²) in [4.78, 5) is 34.7. The van der Waals surface area contributed by atoms with Crippen molar-refractivity contribution in [3.8, 4) is 0 Å². The smallest absolute Gasteiger partial charge is 0.178 e. The third-order valence-corrected chi connectivity index (χ3v) is 18.4. The van der Waals surface area contributed by atoms with Gasteiger partial charge in [0.2, 0.25) is 0 Å². The van der Waals surface area contributed by atoms with Gasteiger partial charge in [-0.05, 0) is 115 Å². The molecule has 0 atom stereocenters. The monoisotopic (exact) mass is 1150 g/mol. The second kappa shape index (κ2) is 25.4. The van der Waals surface area contributed by atoms with Gasteiger partial charge in [-0.25, -0.2) is 55.2 Å². The van der Waals surface area contributed by atoms with Gasteiger partial charge in [-0.1, -0.05) is 33.8 Å². The molecule has 3 aromatic heterocycles. The zero-order valence-electron chi connectivity index (χ0n) is 47.7. The van der Waals surface area contributed by atoms with Crippen LogP contribution in [0.2, 0.25) is 0 Å². The maximum atomic E-state index is 12.3. The van der Waals surface area contributed by atoms with E-state index in [9.17, 15) is 25.3 Å². The van der Waals surface area contributed by atoms with Gasteiger partial charge in [-0.15, -0.1) is 0 Å². The SMILES string of the molecule is CCS(=O)(=O)c1ccc(N(C)C)c(Nc2ncnc3ccc(N(C)C)cc23)c1.CCS(=O)(=O)c1ccc(N(C)C)c(Nc2ncnc3ccc(N)cc23)c1.CCc1ccc2ncnc(Nc3cc(S(=O)(=O)CC)ccc3N(C)C)c2c1. The number of hydrogen-bond acceptors (Lipinski definition) is 20. The lowest BCUT2D eigenvalue weighted by Gasteiger charge is -2.20. The molecule has 0 bridgehead atoms. The highest BCUT2D eigenvalue weighted by atomic mass is 32.2. The zero-order chi connectivity index (χ0) is 59.0. The molecule has 0 aliphatic heterocycles. The summed E-state index contributed by atoms with van der Waals surface area (Å²) in [5.41, 5.74) is 15.7. The van der Waals surface area contributed by atoms with E-state index in [4.69, 9.17) is 5.73 Å². The molecule has 0 radical (unpaired) electrons. The molecule has 0 aliphatic carbocycles. The van der Waals surface area contributed by atoms with Gasteiger partial charge in [-0.3, -0.25) is 0 Å². The van der Waals surface area contributed by atoms with E-state index in [-0.39, 0.29) is 27.0 Å². The van der Waals surface area contributed by atoms with E-state index in [1.54, 1.807) is 81.4 Å². The molecule has 0 spiro atoms. The Labute approximate surface area is 475 Å². The van der Waals surface area contributed by atoms with Crippen LogP contribution < -0.4 is 41.3 Å². The summed E-state index contributed by atoms with van der Waals surface area (Å²) in [5.74, 6) is 2.00. The highest BCUT2D eigenvalue weighted by Gasteiger charge is 2.20. The van der Waals surface area contributed by atoms with E-state index in [1.165, 1.54) is 24.5 Å². The largest absolute Gasteiger partial charge is 0.399 e. The second-order valence-electron chi connectivity index (χ2n) is 19.5. The molecule has 20 nitrogen and oxygen atoms in total. The Balaban J connectivity index is 0.000000175. The number of benzene rings is 6. The van der Waals surface area contributed by atoms with Crippen LogP contribution in [0, 0.1) is 0 Å². The number of aryl methyl sites for hydroxylation is 1. The molecule has 9 aromatic rings. The standard InChI is InChI=1S/C20H25N5O2S.C20H24N4O2S.C18H21N5O2S/c1-6-28(26,27)15-8-10-19(25(4)5)18(12-15)23-20-16-11-14(24(2)3)7-9-17(16)21-13-22-20;1-5-14-7-9-17-16(11-14)20(22-13-21-17)23-18-12-15(27(25,26)6-2)8-10-19(18)24(3)4;1-4-26(24,25)13-6-8-17(23(2)3)16(10-13)22-18-14-9-12(19)5-7-15(14)20-11-21-18/h7-13H,6H2,1-5H3,(H,21,22,23);7-13H,5-6H2,1-4H3,(H,21,22,23);5-11H,4,19H2,1-3H3,(H,20,21,22). The first-order chi connectivity index (χ1) is 38.4. The van der Waals surface area contributed by atoms with Gasteiger partial charge in [0.1, 0.15) is 36.4 Å². The highest BCUT2D eigenvalue weighted by Crippen LogP contribution is 2.36. The normalized spacial score (nSPS) is 11.5. The van der Waals surface area contributed by atoms with Crippen LogP contribution in [0.1, 0.15) is 33.3 Å². The quantitative estimate of drug-likeness (QED) is 0.0619. The van der Waals surface area contributed by atoms with Crippen LogP contribution in [-0.2, 0) is 35.9 Å². The van der Waals surface area contributed by atoms with Crippen molar-refractivity contribution in [3.63, 3.8) is 0 Å². The molecule has 0 saturated heterocycles. The first-order valence-corrected chi connectivity index (χ1v) is 30.9. The lowest BCUT2D eigenvalue weighted by atomic mass is 10.1. The molecule has 0 fully saturated rings. The van der Waals surface area contributed by atoms with Crippen molar-refractivity contribution < 1.29 is 25.3 Å². The van der Waals surface area contributed by atoms with Gasteiger partial charge in [-0.2, -0.15) is 0 Å². The molecule has 0 amide bonds. The fourth-order valence-electron chi connectivity index (χ4n) is 8.50. The summed E-state index contributed by atoms with van der Waals surface area (Å²) < 4.78 is 73.8. The molecule has 0 saturated carbocycles. The van der Waals surface area contributed by atoms with Gasteiger partial charge in [0, 0.05) is 83.9 Å². The van der Waals surface area contributed by atoms with Crippen molar-refractivity contribution in [2.24, 2.45) is 0 Å². The lowest BCUT2D eigenvalue weighted by molar-refractivity contribution is 0.595. The first-order valence-electron chi connectivity index (χ1n) is 26.0. The molecule has 0 unspecified atom stereocenters. The summed E-state index contributed by atoms with van der Waals surface area (Å²) in [6.45, 7) is 7.01. The Morgan fingerprint density at radius 1 is 0.395 bits per heavy atom. The Hall–Kier alpha value is -8.41. The van der Waals surface area contributed by atoms with Crippen molar-refractivity contribution in [3.05, 3.63) is 134 Å². The molecular formula is C58H70N14O6S3. The van der Waals surface area contributed by atoms with Crippen LogP contribution in [-0.4, -0.2) is 129 Å². The molecule has 23 heteroatoms. The van der Waals surface area contributed by atoms with Crippen LogP contribution in [0.25, 0.3) is 32.7 Å². The van der Waals surface area contributed by atoms with Crippen LogP contribution in [0.4, 0.5) is 63.0 Å². The highest BCUT2D eigenvalue weighted by molar-refractivity contribution is 7.92. The summed E-state index contributed by atoms with van der Waals surface area (Å²) in [5, 5.41) is 12.4. The minimum absolute atomic E-state index is 0.0424. The molecule has 81 heavy (non-hydrogen) atoms. The second-order valence-corrected chi connectivity index (χ2v) is 26.4. The Morgan fingerprint density at radius 2 is 0.741 bits per heavy atom. The number of sulfone groups is 3. The van der Waals surface area contributed by atoms with E-state index < -0.39 is 29.5 Å². The Bertz CT molecular complexity index is 4090. The maximum absolute atomic E-state index is 12.3. The fraction of sp³-hybridized carbons (Fsp3) is 0.276. The molecule has 5 N–H and O–H groups in total. The summed E-state index contributed by atoms with van der Waals surface area (Å²) in [6.07, 6.45) is 5.39. The van der Waals surface area contributed by atoms with E-state index in [2.05, 4.69) is 64.9 Å². The molecule has 6 aromatic carbocycles. The summed E-state index contributed by atoms with van der Waals surface area (Å²) in [6, 6.07) is 32.7. The van der Waals surface area contributed by atoms with E-state index in [1.807, 2.05) is 112 Å². The molecule has 0 aliphatic rings.